The number of hydrogen-bond acceptors (Lipinski definition) is 3. The molecule has 0 saturated carbocycles. The summed E-state index contributed by atoms with van der Waals surface area (Å²) >= 11 is 0. The number of carbonyl (C=O) groups is 1. The molecule has 5 rings (SSSR count). The summed E-state index contributed by atoms with van der Waals surface area (Å²) in [7, 11) is 0. The molecule has 5 heteroatoms. The van der Waals surface area contributed by atoms with E-state index in [0.717, 1.165) is 42.8 Å². The Labute approximate surface area is 158 Å². The Morgan fingerprint density at radius 3 is 3.00 bits per heavy atom. The molecule has 1 aliphatic carbocycles. The summed E-state index contributed by atoms with van der Waals surface area (Å²) in [5, 5.41) is 3.20. The first-order chi connectivity index (χ1) is 13.2. The van der Waals surface area contributed by atoms with Gasteiger partial charge in [-0.2, -0.15) is 0 Å². The van der Waals surface area contributed by atoms with E-state index in [1.807, 2.05) is 13.0 Å². The van der Waals surface area contributed by atoms with Crippen LogP contribution < -0.4 is 5.32 Å². The third-order valence-corrected chi connectivity index (χ3v) is 5.64. The van der Waals surface area contributed by atoms with Gasteiger partial charge in [0, 0.05) is 42.2 Å². The lowest BCUT2D eigenvalue weighted by Crippen LogP contribution is -2.27. The molecule has 2 aromatic heterocycles. The molecule has 0 fully saturated rings. The number of nitrogens with one attached hydrogen (secondary N) is 1. The van der Waals surface area contributed by atoms with E-state index in [0.29, 0.717) is 5.56 Å². The number of amides is 1. The van der Waals surface area contributed by atoms with Crippen LogP contribution in [0.5, 0.6) is 0 Å². The maximum atomic E-state index is 12.7. The second-order valence-electron chi connectivity index (χ2n) is 7.50. The Hall–Kier alpha value is -2.95. The fourth-order valence-electron chi connectivity index (χ4n) is 4.23. The van der Waals surface area contributed by atoms with Gasteiger partial charge < -0.3 is 9.88 Å². The SMILES string of the molecule is Cc1cc(C(=O)NC2CCc3ccc(-c4cn5c(n4)CCC5)cc32)ccn1. The van der Waals surface area contributed by atoms with Gasteiger partial charge in [-0.1, -0.05) is 12.1 Å². The van der Waals surface area contributed by atoms with E-state index in [2.05, 4.69) is 39.3 Å². The van der Waals surface area contributed by atoms with Crippen LogP contribution in [0.4, 0.5) is 0 Å². The van der Waals surface area contributed by atoms with Gasteiger partial charge in [0.2, 0.25) is 0 Å². The molecule has 1 N–H and O–H groups in total. The first-order valence-corrected chi connectivity index (χ1v) is 9.60. The van der Waals surface area contributed by atoms with Gasteiger partial charge in [0.15, 0.2) is 0 Å². The third-order valence-electron chi connectivity index (χ3n) is 5.64. The highest BCUT2D eigenvalue weighted by atomic mass is 16.1. The largest absolute Gasteiger partial charge is 0.345 e. The molecule has 0 radical (unpaired) electrons. The number of nitrogens with zero attached hydrogens (tertiary/aromatic N) is 3. The van der Waals surface area contributed by atoms with Gasteiger partial charge in [-0.15, -0.1) is 0 Å². The summed E-state index contributed by atoms with van der Waals surface area (Å²) in [4.78, 5) is 21.6. The van der Waals surface area contributed by atoms with Gasteiger partial charge in [-0.05, 0) is 55.5 Å². The molecule has 1 unspecified atom stereocenters. The van der Waals surface area contributed by atoms with E-state index in [-0.39, 0.29) is 11.9 Å². The van der Waals surface area contributed by atoms with Crippen molar-refractivity contribution in [3.8, 4) is 11.3 Å². The highest BCUT2D eigenvalue weighted by Gasteiger charge is 2.25. The molecule has 27 heavy (non-hydrogen) atoms. The molecule has 1 amide bonds. The van der Waals surface area contributed by atoms with Crippen LogP contribution in [0.15, 0.2) is 42.7 Å². The standard InChI is InChI=1S/C22H22N4O/c1-14-11-17(8-9-23-14)22(27)25-19-7-6-15-4-5-16(12-18(15)19)20-13-26-10-2-3-21(26)24-20/h4-5,8-9,11-13,19H,2-3,6-7,10H2,1H3,(H,25,27). The minimum atomic E-state index is -0.0373. The molecule has 0 spiro atoms. The number of aryl methyl sites for hydroxylation is 4. The fourth-order valence-corrected chi connectivity index (χ4v) is 4.23. The quantitative estimate of drug-likeness (QED) is 0.778. The summed E-state index contributed by atoms with van der Waals surface area (Å²) in [5.41, 5.74) is 6.23. The molecule has 2 aliphatic rings. The first-order valence-electron chi connectivity index (χ1n) is 9.60. The number of pyridine rings is 1. The molecule has 5 nitrogen and oxygen atoms in total. The Kier molecular flexibility index (Phi) is 3.81. The minimum Gasteiger partial charge on any atom is -0.345 e. The summed E-state index contributed by atoms with van der Waals surface area (Å²) < 4.78 is 2.26. The second-order valence-corrected chi connectivity index (χ2v) is 7.50. The summed E-state index contributed by atoms with van der Waals surface area (Å²) in [5.74, 6) is 1.15. The van der Waals surface area contributed by atoms with Crippen LogP contribution in [0.1, 0.15) is 51.9 Å². The number of hydrogen-bond donors (Lipinski definition) is 1. The number of imidazole rings is 1. The van der Waals surface area contributed by atoms with Crippen molar-refractivity contribution in [2.24, 2.45) is 0 Å². The number of aromatic nitrogens is 3. The topological polar surface area (TPSA) is 59.8 Å². The fraction of sp³-hybridized carbons (Fsp3) is 0.318. The normalized spacial score (nSPS) is 17.6. The molecule has 1 aromatic carbocycles. The Bertz CT molecular complexity index is 1020. The average molecular weight is 358 g/mol. The van der Waals surface area contributed by atoms with Crippen molar-refractivity contribution in [1.82, 2.24) is 19.9 Å². The molecule has 1 atom stereocenters. The van der Waals surface area contributed by atoms with Crippen LogP contribution in [-0.2, 0) is 19.4 Å². The summed E-state index contributed by atoms with van der Waals surface area (Å²) in [6.07, 6.45) is 8.03. The van der Waals surface area contributed by atoms with Crippen molar-refractivity contribution >= 4 is 5.91 Å². The van der Waals surface area contributed by atoms with E-state index in [9.17, 15) is 4.79 Å². The molecular formula is C22H22N4O. The monoisotopic (exact) mass is 358 g/mol. The van der Waals surface area contributed by atoms with E-state index < -0.39 is 0 Å². The molecule has 136 valence electrons. The van der Waals surface area contributed by atoms with Crippen LogP contribution in [-0.4, -0.2) is 20.4 Å². The lowest BCUT2D eigenvalue weighted by atomic mass is 10.0. The smallest absolute Gasteiger partial charge is 0.251 e. The van der Waals surface area contributed by atoms with Gasteiger partial charge in [0.25, 0.3) is 5.91 Å². The van der Waals surface area contributed by atoms with E-state index in [1.165, 1.54) is 23.4 Å². The predicted octanol–water partition coefficient (Wildman–Crippen LogP) is 3.62. The average Bonchev–Trinajstić information content (AvgIpc) is 3.36. The summed E-state index contributed by atoms with van der Waals surface area (Å²) in [6, 6.07) is 10.2. The Balaban J connectivity index is 1.41. The van der Waals surface area contributed by atoms with Gasteiger partial charge in [0.1, 0.15) is 5.82 Å². The molecule has 0 saturated heterocycles. The van der Waals surface area contributed by atoms with Crippen LogP contribution >= 0.6 is 0 Å². The second kappa shape index (κ2) is 6.34. The highest BCUT2D eigenvalue weighted by Crippen LogP contribution is 2.35. The van der Waals surface area contributed by atoms with E-state index in [4.69, 9.17) is 4.98 Å². The Morgan fingerprint density at radius 1 is 1.22 bits per heavy atom. The number of benzene rings is 1. The van der Waals surface area contributed by atoms with Crippen molar-refractivity contribution < 1.29 is 4.79 Å². The molecule has 1 aliphatic heterocycles. The van der Waals surface area contributed by atoms with Crippen molar-refractivity contribution in [2.75, 3.05) is 0 Å². The van der Waals surface area contributed by atoms with Crippen molar-refractivity contribution in [3.05, 3.63) is 70.9 Å². The van der Waals surface area contributed by atoms with Gasteiger partial charge in [0.05, 0.1) is 11.7 Å². The van der Waals surface area contributed by atoms with Crippen LogP contribution in [0.3, 0.4) is 0 Å². The molecule has 0 bridgehead atoms. The molecular weight excluding hydrogens is 336 g/mol. The predicted molar refractivity (Wildman–Crippen MR) is 103 cm³/mol. The first kappa shape index (κ1) is 16.2. The zero-order valence-electron chi connectivity index (χ0n) is 15.4. The maximum absolute atomic E-state index is 12.7. The number of carbonyl (C=O) groups excluding carboxylic acids is 1. The highest BCUT2D eigenvalue weighted by molar-refractivity contribution is 5.94. The zero-order chi connectivity index (χ0) is 18.4. The number of fused-ring (bicyclic) bond motifs is 2. The van der Waals surface area contributed by atoms with Crippen molar-refractivity contribution in [1.29, 1.82) is 0 Å². The number of rotatable bonds is 3. The van der Waals surface area contributed by atoms with Crippen LogP contribution in [0.25, 0.3) is 11.3 Å². The molecule has 3 aromatic rings. The Morgan fingerprint density at radius 2 is 2.15 bits per heavy atom. The van der Waals surface area contributed by atoms with Gasteiger partial charge >= 0.3 is 0 Å². The lowest BCUT2D eigenvalue weighted by Gasteiger charge is -2.15. The van der Waals surface area contributed by atoms with Crippen molar-refractivity contribution in [2.45, 2.75) is 45.2 Å². The van der Waals surface area contributed by atoms with Gasteiger partial charge in [-0.3, -0.25) is 9.78 Å². The zero-order valence-corrected chi connectivity index (χ0v) is 15.4. The lowest BCUT2D eigenvalue weighted by molar-refractivity contribution is 0.0936. The van der Waals surface area contributed by atoms with Crippen LogP contribution in [0.2, 0.25) is 0 Å². The third kappa shape index (κ3) is 2.93. The van der Waals surface area contributed by atoms with E-state index >= 15 is 0 Å². The maximum Gasteiger partial charge on any atom is 0.251 e. The van der Waals surface area contributed by atoms with E-state index in [1.54, 1.807) is 12.3 Å². The summed E-state index contributed by atoms with van der Waals surface area (Å²) in [6.45, 7) is 2.97. The molecule has 3 heterocycles. The van der Waals surface area contributed by atoms with Crippen molar-refractivity contribution in [3.63, 3.8) is 0 Å². The van der Waals surface area contributed by atoms with Crippen LogP contribution in [0, 0.1) is 6.92 Å². The van der Waals surface area contributed by atoms with Gasteiger partial charge in [-0.25, -0.2) is 4.98 Å². The minimum absolute atomic E-state index is 0.0373.